The third-order valence-corrected chi connectivity index (χ3v) is 12.6. The van der Waals surface area contributed by atoms with Crippen LogP contribution in [-0.4, -0.2) is 139 Å². The SMILES string of the molecule is CC(C)(C)OC(=O)N1C[C@@]2(c3cc(Br)ccc3F)C[C@H]2C1C(=O)O.CCOC.CON(C)C(=O)C1[C@@H]2C[C@]2(c2cc(Br)ccc2F)CN1C(=O)OC(C)(C)C.Cl.ClCCl.O=C(n1ccnc1)n1ccnc1. The first kappa shape index (κ1) is 60.9. The number of nitrogens with zero attached hydrogens (tertiary/aromatic N) is 7. The number of likely N-dealkylation sites (N-methyl/N-ethyl adjacent to an activating group) is 1. The number of likely N-dealkylation sites (tertiary alicyclic amines) is 2. The van der Waals surface area contributed by atoms with Gasteiger partial charge in [0, 0.05) is 90.3 Å². The summed E-state index contributed by atoms with van der Waals surface area (Å²) >= 11 is 16.2. The Labute approximate surface area is 445 Å². The fourth-order valence-corrected chi connectivity index (χ4v) is 9.13. The molecule has 0 bridgehead atoms. The van der Waals surface area contributed by atoms with E-state index in [1.807, 2.05) is 6.92 Å². The molecule has 4 aromatic rings. The maximum absolute atomic E-state index is 14.6. The van der Waals surface area contributed by atoms with Gasteiger partial charge in [0.1, 0.15) is 47.6 Å². The van der Waals surface area contributed by atoms with Crippen molar-refractivity contribution in [2.24, 2.45) is 11.8 Å². The summed E-state index contributed by atoms with van der Waals surface area (Å²) in [4.78, 5) is 76.3. The van der Waals surface area contributed by atoms with Crippen LogP contribution in [0.5, 0.6) is 0 Å². The van der Waals surface area contributed by atoms with Crippen LogP contribution in [0.25, 0.3) is 0 Å². The van der Waals surface area contributed by atoms with Gasteiger partial charge in [0.05, 0.1) is 12.4 Å². The van der Waals surface area contributed by atoms with Crippen molar-refractivity contribution in [3.05, 3.63) is 106 Å². The topological polar surface area (TPSA) is 188 Å². The van der Waals surface area contributed by atoms with Gasteiger partial charge >= 0.3 is 24.2 Å². The van der Waals surface area contributed by atoms with Crippen LogP contribution < -0.4 is 0 Å². The zero-order valence-corrected chi connectivity index (χ0v) is 46.4. The molecule has 17 nitrogen and oxygen atoms in total. The summed E-state index contributed by atoms with van der Waals surface area (Å²) in [5, 5.41) is 10.9. The van der Waals surface area contributed by atoms with Crippen LogP contribution in [0.4, 0.5) is 23.2 Å². The number of alkyl halides is 2. The molecular weight excluding hydrogens is 1130 g/mol. The molecule has 3 amide bonds. The molecule has 2 unspecified atom stereocenters. The summed E-state index contributed by atoms with van der Waals surface area (Å²) in [5.41, 5.74) is -1.67. The number of fused-ring (bicyclic) bond motifs is 2. The van der Waals surface area contributed by atoms with Gasteiger partial charge in [-0.05, 0) is 109 Å². The van der Waals surface area contributed by atoms with E-state index in [0.717, 1.165) is 20.6 Å². The van der Waals surface area contributed by atoms with Gasteiger partial charge < -0.3 is 19.3 Å². The Balaban J connectivity index is 0.000000275. The molecule has 2 aromatic heterocycles. The zero-order chi connectivity index (χ0) is 52.5. The molecule has 24 heteroatoms. The lowest BCUT2D eigenvalue weighted by molar-refractivity contribution is -0.174. The van der Waals surface area contributed by atoms with E-state index < -0.39 is 52.3 Å². The molecule has 2 saturated carbocycles. The highest BCUT2D eigenvalue weighted by atomic mass is 79.9. The van der Waals surface area contributed by atoms with Crippen molar-refractivity contribution in [3.63, 3.8) is 0 Å². The van der Waals surface area contributed by atoms with E-state index in [9.17, 15) is 37.9 Å². The molecule has 2 saturated heterocycles. The van der Waals surface area contributed by atoms with Crippen molar-refractivity contribution in [2.45, 2.75) is 95.4 Å². The summed E-state index contributed by atoms with van der Waals surface area (Å²) in [7, 11) is 4.57. The number of hydrogen-bond donors (Lipinski definition) is 1. The third-order valence-electron chi connectivity index (χ3n) is 11.6. The molecule has 6 atom stereocenters. The van der Waals surface area contributed by atoms with Gasteiger partial charge in [0.25, 0.3) is 5.91 Å². The van der Waals surface area contributed by atoms with Gasteiger partial charge in [0.15, 0.2) is 0 Å². The Morgan fingerprint density at radius 1 is 0.775 bits per heavy atom. The number of benzene rings is 2. The number of aliphatic carboxylic acids is 1. The van der Waals surface area contributed by atoms with Gasteiger partial charge in [0.2, 0.25) is 0 Å². The average Bonchev–Trinajstić information content (AvgIpc) is 3.73. The second kappa shape index (κ2) is 25.5. The molecule has 71 heavy (non-hydrogen) atoms. The highest BCUT2D eigenvalue weighted by molar-refractivity contribution is 9.10. The van der Waals surface area contributed by atoms with Gasteiger partial charge in [-0.25, -0.2) is 43.0 Å². The van der Waals surface area contributed by atoms with Crippen molar-refractivity contribution in [1.82, 2.24) is 34.0 Å². The molecule has 2 aliphatic carbocycles. The number of ether oxygens (including phenoxy) is 3. The number of carboxylic acids is 1. The number of carboxylic acid groups (broad SMARTS) is 1. The van der Waals surface area contributed by atoms with Crippen molar-refractivity contribution in [2.75, 3.05) is 46.3 Å². The quantitative estimate of drug-likeness (QED) is 0.142. The summed E-state index contributed by atoms with van der Waals surface area (Å²) in [6, 6.07) is 7.47. The molecule has 8 rings (SSSR count). The Bertz CT molecular complexity index is 2410. The fraction of sp³-hybridized carbons (Fsp3) is 0.511. The minimum Gasteiger partial charge on any atom is -0.480 e. The number of carbonyl (C=O) groups is 5. The van der Waals surface area contributed by atoms with Crippen LogP contribution in [-0.2, 0) is 39.5 Å². The van der Waals surface area contributed by atoms with Crippen LogP contribution >= 0.6 is 67.5 Å². The van der Waals surface area contributed by atoms with Crippen molar-refractivity contribution in [1.29, 1.82) is 0 Å². The van der Waals surface area contributed by atoms with Crippen LogP contribution in [0, 0.1) is 23.5 Å². The standard InChI is InChI=1S/C19H24BrFN2O4.C17H19BrFNO4.C7H6N4O.C3H8O.CH2Cl2.ClH/c1-18(2,3)27-17(25)23-10-19(12-8-11(20)6-7-14(12)21)9-13(19)15(23)16(24)22(4)26-5;1-16(2,3)24-15(23)20-8-17(7-11(17)13(20)14(21)22)10-6-9(18)4-5-12(10)19;12-7(10-3-1-8-5-10)11-4-2-9-6-11;1-3-4-2;2-1-3;/h6-8,13,15H,9-10H2,1-5H3;4-6,11,13H,7-8H2,1-3H3,(H,21,22);1-6H;3H2,1-2H3;1H2;1H/t13-,15?,19+;11-,13?,17+;;;;/m00..../s1. The van der Waals surface area contributed by atoms with Gasteiger partial charge in [-0.3, -0.25) is 28.6 Å². The lowest BCUT2D eigenvalue weighted by atomic mass is 9.93. The molecule has 1 N–H and O–H groups in total. The summed E-state index contributed by atoms with van der Waals surface area (Å²) in [6.45, 7) is 13.6. The smallest absolute Gasteiger partial charge is 0.411 e. The first-order valence-corrected chi connectivity index (χ1v) is 24.5. The predicted molar refractivity (Wildman–Crippen MR) is 271 cm³/mol. The van der Waals surface area contributed by atoms with E-state index >= 15 is 0 Å². The predicted octanol–water partition coefficient (Wildman–Crippen LogP) is 10.1. The number of halogens is 7. The van der Waals surface area contributed by atoms with E-state index in [1.54, 1.807) is 97.7 Å². The van der Waals surface area contributed by atoms with Crippen molar-refractivity contribution >= 4 is 97.6 Å². The summed E-state index contributed by atoms with van der Waals surface area (Å²) < 4.78 is 48.5. The number of carbonyl (C=O) groups excluding carboxylic acids is 4. The number of hydroxylamine groups is 2. The molecule has 2 aromatic carbocycles. The number of rotatable bonds is 6. The molecule has 4 fully saturated rings. The van der Waals surface area contributed by atoms with E-state index in [2.05, 4.69) is 46.6 Å². The Kier molecular flexibility index (Phi) is 21.9. The second-order valence-electron chi connectivity index (χ2n) is 18.5. The van der Waals surface area contributed by atoms with Gasteiger partial charge in [-0.15, -0.1) is 35.6 Å². The van der Waals surface area contributed by atoms with Crippen molar-refractivity contribution in [3.8, 4) is 0 Å². The van der Waals surface area contributed by atoms with E-state index in [-0.39, 0.29) is 66.2 Å². The highest BCUT2D eigenvalue weighted by Gasteiger charge is 2.71. The molecular formula is C47H60Br2Cl3F2N7O10. The minimum atomic E-state index is -1.08. The summed E-state index contributed by atoms with van der Waals surface area (Å²) in [5.74, 6) is -2.62. The van der Waals surface area contributed by atoms with E-state index in [0.29, 0.717) is 24.0 Å². The monoisotopic (exact) mass is 1180 g/mol. The average molecular weight is 1190 g/mol. The second-order valence-corrected chi connectivity index (χ2v) is 21.2. The number of amides is 3. The van der Waals surface area contributed by atoms with Gasteiger partial charge in [-0.2, -0.15) is 0 Å². The zero-order valence-electron chi connectivity index (χ0n) is 40.9. The lowest BCUT2D eigenvalue weighted by Crippen LogP contribution is -2.50. The molecule has 0 spiro atoms. The largest absolute Gasteiger partial charge is 0.480 e. The van der Waals surface area contributed by atoms with Crippen LogP contribution in [0.3, 0.4) is 0 Å². The Morgan fingerprint density at radius 3 is 1.48 bits per heavy atom. The highest BCUT2D eigenvalue weighted by Crippen LogP contribution is 2.64. The molecule has 0 radical (unpaired) electrons. The Hall–Kier alpha value is -4.38. The molecule has 4 aliphatic rings. The first-order chi connectivity index (χ1) is 32.8. The van der Waals surface area contributed by atoms with Gasteiger partial charge in [-0.1, -0.05) is 31.9 Å². The van der Waals surface area contributed by atoms with E-state index in [1.165, 1.54) is 57.9 Å². The fourth-order valence-electron chi connectivity index (χ4n) is 8.41. The Morgan fingerprint density at radius 2 is 1.15 bits per heavy atom. The molecule has 2 aliphatic heterocycles. The number of methoxy groups -OCH3 is 1. The van der Waals surface area contributed by atoms with Crippen LogP contribution in [0.15, 0.2) is 82.8 Å². The number of hydrogen-bond acceptors (Lipinski definition) is 11. The van der Waals surface area contributed by atoms with Crippen molar-refractivity contribution < 1.29 is 56.9 Å². The number of aromatic nitrogens is 4. The van der Waals surface area contributed by atoms with E-state index in [4.69, 9.17) is 37.5 Å². The first-order valence-electron chi connectivity index (χ1n) is 21.8. The number of piperidine rings is 2. The third kappa shape index (κ3) is 15.1. The maximum atomic E-state index is 14.6. The minimum absolute atomic E-state index is 0. The molecule has 4 heterocycles. The van der Waals surface area contributed by atoms with Crippen LogP contribution in [0.1, 0.15) is 72.4 Å². The normalized spacial score (nSPS) is 22.1. The van der Waals surface area contributed by atoms with Crippen LogP contribution in [0.2, 0.25) is 0 Å². The summed E-state index contributed by atoms with van der Waals surface area (Å²) in [6.07, 6.45) is 9.10. The molecule has 392 valence electrons. The maximum Gasteiger partial charge on any atom is 0.411 e. The number of imidazole rings is 2. The lowest BCUT2D eigenvalue weighted by Gasteiger charge is -2.31.